The van der Waals surface area contributed by atoms with Crippen molar-refractivity contribution in [3.63, 3.8) is 0 Å². The second-order valence-electron chi connectivity index (χ2n) is 4.25. The fourth-order valence-electron chi connectivity index (χ4n) is 2.01. The van der Waals surface area contributed by atoms with Crippen LogP contribution in [0.2, 0.25) is 0 Å². The van der Waals surface area contributed by atoms with Crippen LogP contribution in [0.1, 0.15) is 36.0 Å². The summed E-state index contributed by atoms with van der Waals surface area (Å²) in [5.41, 5.74) is -1.28. The van der Waals surface area contributed by atoms with Crippen molar-refractivity contribution in [1.82, 2.24) is 0 Å². The van der Waals surface area contributed by atoms with Gasteiger partial charge >= 0.3 is 0 Å². The lowest BCUT2D eigenvalue weighted by Crippen LogP contribution is -2.15. The van der Waals surface area contributed by atoms with Crippen LogP contribution in [0.5, 0.6) is 0 Å². The van der Waals surface area contributed by atoms with E-state index < -0.39 is 40.4 Å². The molecule has 0 amide bonds. The quantitative estimate of drug-likeness (QED) is 0.344. The first-order chi connectivity index (χ1) is 8.95. The Morgan fingerprint density at radius 2 is 1.37 bits per heavy atom. The van der Waals surface area contributed by atoms with Crippen molar-refractivity contribution in [2.75, 3.05) is 0 Å². The number of ketones is 1. The first-order valence-electron chi connectivity index (χ1n) is 5.70. The normalized spacial score (nSPS) is 15.3. The second kappa shape index (κ2) is 5.11. The molecule has 102 valence electrons. The monoisotopic (exact) mass is 276 g/mol. The van der Waals surface area contributed by atoms with Crippen molar-refractivity contribution in [3.05, 3.63) is 46.3 Å². The van der Waals surface area contributed by atoms with E-state index in [1.54, 1.807) is 0 Å². The van der Waals surface area contributed by atoms with Gasteiger partial charge in [0.2, 0.25) is 5.82 Å². The molecule has 0 saturated carbocycles. The smallest absolute Gasteiger partial charge is 0.200 e. The fourth-order valence-corrected chi connectivity index (χ4v) is 2.01. The van der Waals surface area contributed by atoms with Crippen molar-refractivity contribution in [3.8, 4) is 0 Å². The highest BCUT2D eigenvalue weighted by Gasteiger charge is 2.31. The van der Waals surface area contributed by atoms with Crippen LogP contribution in [-0.2, 0) is 0 Å². The number of carbonyl (C=O) groups excluding carboxylic acids is 1. The van der Waals surface area contributed by atoms with Gasteiger partial charge in [-0.05, 0) is 31.3 Å². The van der Waals surface area contributed by atoms with Gasteiger partial charge in [-0.25, -0.2) is 22.0 Å². The van der Waals surface area contributed by atoms with E-state index >= 15 is 0 Å². The molecule has 0 unspecified atom stereocenters. The molecule has 1 nitrogen and oxygen atoms in total. The third-order valence-corrected chi connectivity index (χ3v) is 3.02. The first kappa shape index (κ1) is 13.7. The highest BCUT2D eigenvalue weighted by Crippen LogP contribution is 2.28. The molecule has 6 heteroatoms. The minimum absolute atomic E-state index is 0.0921. The predicted octanol–water partition coefficient (Wildman–Crippen LogP) is 4.07. The summed E-state index contributed by atoms with van der Waals surface area (Å²) in [4.78, 5) is 11.9. The summed E-state index contributed by atoms with van der Waals surface area (Å²) >= 11 is 0. The summed E-state index contributed by atoms with van der Waals surface area (Å²) < 4.78 is 65.7. The molecule has 0 spiro atoms. The van der Waals surface area contributed by atoms with Gasteiger partial charge in [0.1, 0.15) is 0 Å². The van der Waals surface area contributed by atoms with E-state index in [9.17, 15) is 26.7 Å². The maximum Gasteiger partial charge on any atom is 0.200 e. The molecular formula is C13H9F5O. The molecule has 0 radical (unpaired) electrons. The summed E-state index contributed by atoms with van der Waals surface area (Å²) in [6.45, 7) is 0. The number of hydrogen-bond acceptors (Lipinski definition) is 1. The van der Waals surface area contributed by atoms with E-state index in [2.05, 4.69) is 0 Å². The number of benzene rings is 1. The van der Waals surface area contributed by atoms with Gasteiger partial charge in [-0.3, -0.25) is 4.79 Å². The Morgan fingerprint density at radius 1 is 0.842 bits per heavy atom. The average Bonchev–Trinajstić information content (AvgIpc) is 2.44. The summed E-state index contributed by atoms with van der Waals surface area (Å²) in [7, 11) is 0. The number of carbonyl (C=O) groups is 1. The lowest BCUT2D eigenvalue weighted by Gasteiger charge is -2.13. The highest BCUT2D eigenvalue weighted by molar-refractivity contribution is 6.09. The molecule has 0 N–H and O–H groups in total. The van der Waals surface area contributed by atoms with Crippen LogP contribution in [0.25, 0.3) is 0 Å². The lowest BCUT2D eigenvalue weighted by molar-refractivity contribution is 0.101. The van der Waals surface area contributed by atoms with Crippen LogP contribution in [0.15, 0.2) is 11.6 Å². The Labute approximate surface area is 105 Å². The number of rotatable bonds is 2. The van der Waals surface area contributed by atoms with E-state index in [1.807, 2.05) is 0 Å². The zero-order valence-electron chi connectivity index (χ0n) is 9.70. The summed E-state index contributed by atoms with van der Waals surface area (Å²) in [6, 6.07) is 0. The van der Waals surface area contributed by atoms with Gasteiger partial charge in [0.05, 0.1) is 5.56 Å². The van der Waals surface area contributed by atoms with Gasteiger partial charge in [0.25, 0.3) is 0 Å². The standard InChI is InChI=1S/C13H9F5O/c14-8-7(9(15)11(17)12(18)10(8)16)13(19)6-4-2-1-3-5-6/h4H,1-3,5H2. The summed E-state index contributed by atoms with van der Waals surface area (Å²) in [5, 5.41) is 0. The SMILES string of the molecule is O=C(C1=CCCCC1)c1c(F)c(F)c(F)c(F)c1F. The fraction of sp³-hybridized carbons (Fsp3) is 0.308. The molecule has 1 aliphatic rings. The number of halogens is 5. The third-order valence-electron chi connectivity index (χ3n) is 3.02. The van der Waals surface area contributed by atoms with Gasteiger partial charge in [-0.15, -0.1) is 0 Å². The Balaban J connectivity index is 2.56. The number of Topliss-reactive ketones (excluding diaryl/α,β-unsaturated/α-hetero) is 1. The molecule has 0 atom stereocenters. The molecule has 1 aliphatic carbocycles. The molecule has 0 fully saturated rings. The van der Waals surface area contributed by atoms with E-state index in [0.717, 1.165) is 6.42 Å². The van der Waals surface area contributed by atoms with E-state index in [-0.39, 0.29) is 12.0 Å². The molecule has 0 bridgehead atoms. The first-order valence-corrected chi connectivity index (χ1v) is 5.70. The van der Waals surface area contributed by atoms with Crippen molar-refractivity contribution in [2.45, 2.75) is 25.7 Å². The van der Waals surface area contributed by atoms with Crippen LogP contribution < -0.4 is 0 Å². The Kier molecular flexibility index (Phi) is 3.68. The molecular weight excluding hydrogens is 267 g/mol. The Bertz CT molecular complexity index is 548. The number of allylic oxidation sites excluding steroid dienone is 2. The molecule has 1 aromatic carbocycles. The van der Waals surface area contributed by atoms with Crippen LogP contribution in [-0.4, -0.2) is 5.78 Å². The minimum atomic E-state index is -2.26. The van der Waals surface area contributed by atoms with Gasteiger partial charge in [-0.2, -0.15) is 0 Å². The minimum Gasteiger partial charge on any atom is -0.289 e. The molecule has 1 aromatic rings. The molecule has 2 rings (SSSR count). The number of hydrogen-bond donors (Lipinski definition) is 0. The highest BCUT2D eigenvalue weighted by atomic mass is 19.2. The van der Waals surface area contributed by atoms with Gasteiger partial charge in [0, 0.05) is 0 Å². The van der Waals surface area contributed by atoms with Crippen molar-refractivity contribution in [1.29, 1.82) is 0 Å². The van der Waals surface area contributed by atoms with Crippen LogP contribution in [0.4, 0.5) is 22.0 Å². The largest absolute Gasteiger partial charge is 0.289 e. The predicted molar refractivity (Wildman–Crippen MR) is 57.1 cm³/mol. The van der Waals surface area contributed by atoms with Crippen LogP contribution in [0.3, 0.4) is 0 Å². The van der Waals surface area contributed by atoms with E-state index in [1.165, 1.54) is 6.08 Å². The van der Waals surface area contributed by atoms with Gasteiger partial charge in [-0.1, -0.05) is 6.08 Å². The topological polar surface area (TPSA) is 17.1 Å². The second-order valence-corrected chi connectivity index (χ2v) is 4.25. The van der Waals surface area contributed by atoms with Gasteiger partial charge < -0.3 is 0 Å². The van der Waals surface area contributed by atoms with Crippen LogP contribution >= 0.6 is 0 Å². The molecule has 0 heterocycles. The van der Waals surface area contributed by atoms with Crippen molar-refractivity contribution in [2.24, 2.45) is 0 Å². The maximum absolute atomic E-state index is 13.4. The summed E-state index contributed by atoms with van der Waals surface area (Å²) in [6.07, 6.45) is 3.78. The molecule has 0 aromatic heterocycles. The molecule has 19 heavy (non-hydrogen) atoms. The summed E-state index contributed by atoms with van der Waals surface area (Å²) in [5.74, 6) is -11.7. The Hall–Kier alpha value is -1.72. The van der Waals surface area contributed by atoms with Crippen LogP contribution in [0, 0.1) is 29.1 Å². The van der Waals surface area contributed by atoms with Gasteiger partial charge in [0.15, 0.2) is 29.1 Å². The van der Waals surface area contributed by atoms with E-state index in [4.69, 9.17) is 0 Å². The third kappa shape index (κ3) is 2.27. The maximum atomic E-state index is 13.4. The average molecular weight is 276 g/mol. The zero-order valence-corrected chi connectivity index (χ0v) is 9.70. The molecule has 0 aliphatic heterocycles. The van der Waals surface area contributed by atoms with Crippen molar-refractivity contribution < 1.29 is 26.7 Å². The molecule has 0 saturated heterocycles. The zero-order chi connectivity index (χ0) is 14.2. The lowest BCUT2D eigenvalue weighted by atomic mass is 9.92. The van der Waals surface area contributed by atoms with E-state index in [0.29, 0.717) is 12.8 Å². The Morgan fingerprint density at radius 3 is 1.84 bits per heavy atom. The van der Waals surface area contributed by atoms with Crippen molar-refractivity contribution >= 4 is 5.78 Å².